The van der Waals surface area contributed by atoms with E-state index >= 15 is 0 Å². The fourth-order valence-corrected chi connectivity index (χ4v) is 2.27. The predicted molar refractivity (Wildman–Crippen MR) is 93.4 cm³/mol. The fraction of sp³-hybridized carbons (Fsp3) is 0.500. The molecule has 1 aromatic heterocycles. The quantitative estimate of drug-likeness (QED) is 0.885. The summed E-state index contributed by atoms with van der Waals surface area (Å²) in [5.74, 6) is 0.0224. The topological polar surface area (TPSA) is 72.9 Å². The Kier molecular flexibility index (Phi) is 6.38. The van der Waals surface area contributed by atoms with Crippen LogP contribution in [-0.4, -0.2) is 21.7 Å². The van der Waals surface area contributed by atoms with Gasteiger partial charge in [0.2, 0.25) is 5.91 Å². The van der Waals surface area contributed by atoms with E-state index in [0.29, 0.717) is 0 Å². The summed E-state index contributed by atoms with van der Waals surface area (Å²) in [4.78, 5) is 12.1. The molecule has 1 amide bonds. The standard InChI is InChI=1S/C16H24N4O.ClH/c1-5-11(4)15(17)16(21)19-13-7-6-12-9-18-20(10(2)3)14(12)8-13;/h6-11,15H,5,17H2,1-4H3,(H,19,21);1H. The lowest BCUT2D eigenvalue weighted by molar-refractivity contribution is -0.118. The number of anilines is 1. The third-order valence-corrected chi connectivity index (χ3v) is 3.91. The Morgan fingerprint density at radius 2 is 2.05 bits per heavy atom. The van der Waals surface area contributed by atoms with Gasteiger partial charge in [0.05, 0.1) is 17.8 Å². The minimum atomic E-state index is -0.485. The van der Waals surface area contributed by atoms with Crippen molar-refractivity contribution in [3.63, 3.8) is 0 Å². The van der Waals surface area contributed by atoms with Crippen LogP contribution in [0.4, 0.5) is 5.69 Å². The van der Waals surface area contributed by atoms with Crippen molar-refractivity contribution < 1.29 is 4.79 Å². The molecule has 0 saturated carbocycles. The number of hydrogen-bond acceptors (Lipinski definition) is 3. The molecule has 2 unspecified atom stereocenters. The van der Waals surface area contributed by atoms with Crippen LogP contribution >= 0.6 is 12.4 Å². The number of nitrogens with zero attached hydrogens (tertiary/aromatic N) is 2. The number of fused-ring (bicyclic) bond motifs is 1. The molecule has 0 fully saturated rings. The number of benzene rings is 1. The Morgan fingerprint density at radius 3 is 2.64 bits per heavy atom. The Morgan fingerprint density at radius 1 is 1.36 bits per heavy atom. The van der Waals surface area contributed by atoms with Gasteiger partial charge in [-0.2, -0.15) is 5.10 Å². The van der Waals surface area contributed by atoms with Gasteiger partial charge in [-0.1, -0.05) is 20.3 Å². The summed E-state index contributed by atoms with van der Waals surface area (Å²) < 4.78 is 1.94. The molecule has 2 atom stereocenters. The van der Waals surface area contributed by atoms with Gasteiger partial charge in [-0.15, -0.1) is 12.4 Å². The summed E-state index contributed by atoms with van der Waals surface area (Å²) in [7, 11) is 0. The molecule has 122 valence electrons. The van der Waals surface area contributed by atoms with Crippen molar-refractivity contribution in [2.24, 2.45) is 11.7 Å². The first-order valence-corrected chi connectivity index (χ1v) is 7.47. The summed E-state index contributed by atoms with van der Waals surface area (Å²) in [6, 6.07) is 5.59. The van der Waals surface area contributed by atoms with Crippen LogP contribution in [-0.2, 0) is 4.79 Å². The molecule has 1 heterocycles. The van der Waals surface area contributed by atoms with Crippen molar-refractivity contribution in [1.82, 2.24) is 9.78 Å². The highest BCUT2D eigenvalue weighted by Crippen LogP contribution is 2.22. The zero-order valence-corrected chi connectivity index (χ0v) is 14.4. The van der Waals surface area contributed by atoms with Gasteiger partial charge >= 0.3 is 0 Å². The summed E-state index contributed by atoms with van der Waals surface area (Å²) in [6.07, 6.45) is 2.72. The average molecular weight is 325 g/mol. The molecule has 0 spiro atoms. The molecule has 2 aromatic rings. The van der Waals surface area contributed by atoms with Crippen LogP contribution in [0.15, 0.2) is 24.4 Å². The molecule has 0 aliphatic carbocycles. The number of amides is 1. The summed E-state index contributed by atoms with van der Waals surface area (Å²) in [6.45, 7) is 8.18. The minimum absolute atomic E-state index is 0. The Balaban J connectivity index is 0.00000242. The largest absolute Gasteiger partial charge is 0.325 e. The van der Waals surface area contributed by atoms with Crippen LogP contribution < -0.4 is 11.1 Å². The average Bonchev–Trinajstić information content (AvgIpc) is 2.88. The van der Waals surface area contributed by atoms with Gasteiger partial charge < -0.3 is 11.1 Å². The second-order valence-corrected chi connectivity index (χ2v) is 5.86. The highest BCUT2D eigenvalue weighted by atomic mass is 35.5. The number of carbonyl (C=O) groups excluding carboxylic acids is 1. The normalized spacial score (nSPS) is 13.7. The van der Waals surface area contributed by atoms with E-state index in [9.17, 15) is 4.79 Å². The molecule has 0 aliphatic heterocycles. The lowest BCUT2D eigenvalue weighted by Crippen LogP contribution is -2.40. The Hall–Kier alpha value is -1.59. The molecule has 0 radical (unpaired) electrons. The van der Waals surface area contributed by atoms with E-state index in [4.69, 9.17) is 5.73 Å². The monoisotopic (exact) mass is 324 g/mol. The number of nitrogens with two attached hydrogens (primary N) is 1. The van der Waals surface area contributed by atoms with Crippen LogP contribution in [0.25, 0.3) is 10.9 Å². The van der Waals surface area contributed by atoms with Gasteiger partial charge in [-0.05, 0) is 38.0 Å². The molecule has 0 saturated heterocycles. The van der Waals surface area contributed by atoms with Crippen LogP contribution in [0.2, 0.25) is 0 Å². The van der Waals surface area contributed by atoms with Crippen LogP contribution in [0.3, 0.4) is 0 Å². The van der Waals surface area contributed by atoms with Crippen molar-refractivity contribution in [3.8, 4) is 0 Å². The number of halogens is 1. The highest BCUT2D eigenvalue weighted by Gasteiger charge is 2.19. The molecule has 0 bridgehead atoms. The maximum absolute atomic E-state index is 12.1. The molecule has 2 rings (SSSR count). The van der Waals surface area contributed by atoms with Gasteiger partial charge in [0.1, 0.15) is 0 Å². The van der Waals surface area contributed by atoms with Crippen LogP contribution in [0, 0.1) is 5.92 Å². The van der Waals surface area contributed by atoms with E-state index in [2.05, 4.69) is 24.3 Å². The Labute approximate surface area is 137 Å². The first kappa shape index (κ1) is 18.5. The molecule has 1 aromatic carbocycles. The van der Waals surface area contributed by atoms with Crippen molar-refractivity contribution in [2.75, 3.05) is 5.32 Å². The number of hydrogen-bond donors (Lipinski definition) is 2. The molecule has 6 heteroatoms. The van der Waals surface area contributed by atoms with Crippen molar-refractivity contribution in [3.05, 3.63) is 24.4 Å². The van der Waals surface area contributed by atoms with E-state index in [-0.39, 0.29) is 30.3 Å². The summed E-state index contributed by atoms with van der Waals surface area (Å²) in [5, 5.41) is 8.33. The molecule has 0 aliphatic rings. The van der Waals surface area contributed by atoms with E-state index < -0.39 is 6.04 Å². The lowest BCUT2D eigenvalue weighted by atomic mass is 9.99. The lowest BCUT2D eigenvalue weighted by Gasteiger charge is -2.18. The predicted octanol–water partition coefficient (Wildman–Crippen LogP) is 3.35. The minimum Gasteiger partial charge on any atom is -0.325 e. The maximum Gasteiger partial charge on any atom is 0.241 e. The summed E-state index contributed by atoms with van der Waals surface area (Å²) in [5.41, 5.74) is 7.73. The molecular formula is C16H25ClN4O. The zero-order valence-electron chi connectivity index (χ0n) is 13.5. The van der Waals surface area contributed by atoms with Gasteiger partial charge in [0.15, 0.2) is 0 Å². The fourth-order valence-electron chi connectivity index (χ4n) is 2.27. The van der Waals surface area contributed by atoms with E-state index in [1.54, 1.807) is 0 Å². The van der Waals surface area contributed by atoms with Gasteiger partial charge in [-0.25, -0.2) is 0 Å². The molecular weight excluding hydrogens is 300 g/mol. The van der Waals surface area contributed by atoms with E-state index in [0.717, 1.165) is 23.0 Å². The van der Waals surface area contributed by atoms with Crippen LogP contribution in [0.5, 0.6) is 0 Å². The van der Waals surface area contributed by atoms with Crippen LogP contribution in [0.1, 0.15) is 40.2 Å². The van der Waals surface area contributed by atoms with Crippen molar-refractivity contribution >= 4 is 34.9 Å². The van der Waals surface area contributed by atoms with Gasteiger partial charge in [-0.3, -0.25) is 9.48 Å². The summed E-state index contributed by atoms with van der Waals surface area (Å²) >= 11 is 0. The second-order valence-electron chi connectivity index (χ2n) is 5.86. The third-order valence-electron chi connectivity index (χ3n) is 3.91. The number of aromatic nitrogens is 2. The highest BCUT2D eigenvalue weighted by molar-refractivity contribution is 5.96. The van der Waals surface area contributed by atoms with E-state index in [1.165, 1.54) is 0 Å². The molecule has 5 nitrogen and oxygen atoms in total. The first-order chi connectivity index (χ1) is 9.93. The van der Waals surface area contributed by atoms with Crippen molar-refractivity contribution in [1.29, 1.82) is 0 Å². The smallest absolute Gasteiger partial charge is 0.241 e. The third kappa shape index (κ3) is 3.78. The Bertz CT molecular complexity index is 638. The van der Waals surface area contributed by atoms with Gasteiger partial charge in [0, 0.05) is 17.1 Å². The van der Waals surface area contributed by atoms with Gasteiger partial charge in [0.25, 0.3) is 0 Å². The molecule has 22 heavy (non-hydrogen) atoms. The number of carbonyl (C=O) groups is 1. The van der Waals surface area contributed by atoms with Crippen molar-refractivity contribution in [2.45, 2.75) is 46.2 Å². The second kappa shape index (κ2) is 7.61. The van der Waals surface area contributed by atoms with E-state index in [1.807, 2.05) is 42.9 Å². The number of nitrogens with one attached hydrogen (secondary N) is 1. The number of rotatable bonds is 5. The molecule has 3 N–H and O–H groups in total. The zero-order chi connectivity index (χ0) is 15.6. The first-order valence-electron chi connectivity index (χ1n) is 7.47. The maximum atomic E-state index is 12.1. The SMILES string of the molecule is CCC(C)C(N)C(=O)Nc1ccc2cnn(C(C)C)c2c1.Cl.